The Hall–Kier alpha value is -0.770. The molecule has 0 radical (unpaired) electrons. The molecule has 0 N–H and O–H groups in total. The van der Waals surface area contributed by atoms with E-state index in [2.05, 4.69) is 15.9 Å². The molecule has 1 aliphatic heterocycles. The van der Waals surface area contributed by atoms with Crippen LogP contribution in [0.15, 0.2) is 16.6 Å². The van der Waals surface area contributed by atoms with Crippen LogP contribution in [0, 0.1) is 5.82 Å². The Morgan fingerprint density at radius 3 is 2.42 bits per heavy atom. The molecular weight excluding hydrogens is 227 g/mol. The fourth-order valence-electron chi connectivity index (χ4n) is 1.04. The monoisotopic (exact) mass is 232 g/mol. The van der Waals surface area contributed by atoms with Gasteiger partial charge in [-0.25, -0.2) is 4.39 Å². The van der Waals surface area contributed by atoms with Crippen molar-refractivity contribution in [1.82, 2.24) is 0 Å². The third-order valence-corrected chi connectivity index (χ3v) is 2.19. The quantitative estimate of drug-likeness (QED) is 0.684. The van der Waals surface area contributed by atoms with Crippen molar-refractivity contribution in [2.45, 2.75) is 0 Å². The fourth-order valence-corrected chi connectivity index (χ4v) is 1.36. The van der Waals surface area contributed by atoms with E-state index in [1.54, 1.807) is 6.07 Å². The van der Waals surface area contributed by atoms with Gasteiger partial charge in [-0.1, -0.05) is 0 Å². The molecule has 2 nitrogen and oxygen atoms in total. The van der Waals surface area contributed by atoms with Gasteiger partial charge in [-0.3, -0.25) is 0 Å². The van der Waals surface area contributed by atoms with E-state index in [0.29, 0.717) is 29.2 Å². The van der Waals surface area contributed by atoms with E-state index in [-0.39, 0.29) is 5.82 Å². The predicted molar refractivity (Wildman–Crippen MR) is 45.1 cm³/mol. The predicted octanol–water partition coefficient (Wildman–Crippen LogP) is 2.36. The van der Waals surface area contributed by atoms with Crippen molar-refractivity contribution in [2.75, 3.05) is 13.2 Å². The number of rotatable bonds is 0. The van der Waals surface area contributed by atoms with Gasteiger partial charge in [0.05, 0.1) is 4.47 Å². The highest BCUT2D eigenvalue weighted by molar-refractivity contribution is 9.10. The number of hydrogen-bond donors (Lipinski definition) is 0. The summed E-state index contributed by atoms with van der Waals surface area (Å²) in [6.45, 7) is 0.999. The van der Waals surface area contributed by atoms with E-state index in [9.17, 15) is 4.39 Å². The van der Waals surface area contributed by atoms with Crippen molar-refractivity contribution in [3.8, 4) is 11.5 Å². The van der Waals surface area contributed by atoms with Crippen molar-refractivity contribution in [3.05, 3.63) is 22.4 Å². The summed E-state index contributed by atoms with van der Waals surface area (Å²) in [5.41, 5.74) is 0. The van der Waals surface area contributed by atoms with E-state index in [1.165, 1.54) is 6.07 Å². The topological polar surface area (TPSA) is 18.5 Å². The second-order valence-corrected chi connectivity index (χ2v) is 3.26. The maximum Gasteiger partial charge on any atom is 0.164 e. The van der Waals surface area contributed by atoms with E-state index >= 15 is 0 Å². The van der Waals surface area contributed by atoms with Gasteiger partial charge in [-0.15, -0.1) is 0 Å². The molecule has 0 amide bonds. The molecule has 1 aliphatic rings. The average molecular weight is 233 g/mol. The molecule has 1 aromatic carbocycles. The van der Waals surface area contributed by atoms with E-state index in [0.717, 1.165) is 0 Å². The molecule has 0 saturated carbocycles. The molecule has 0 atom stereocenters. The van der Waals surface area contributed by atoms with Gasteiger partial charge in [0.2, 0.25) is 0 Å². The molecule has 64 valence electrons. The summed E-state index contributed by atoms with van der Waals surface area (Å²) in [6.07, 6.45) is 0. The van der Waals surface area contributed by atoms with Gasteiger partial charge in [0, 0.05) is 12.1 Å². The molecule has 0 bridgehead atoms. The normalized spacial score (nSPS) is 14.5. The second-order valence-electron chi connectivity index (χ2n) is 2.41. The molecule has 12 heavy (non-hydrogen) atoms. The lowest BCUT2D eigenvalue weighted by molar-refractivity contribution is 0.170. The molecule has 0 aromatic heterocycles. The van der Waals surface area contributed by atoms with E-state index in [1.807, 2.05) is 0 Å². The Kier molecular flexibility index (Phi) is 1.92. The second kappa shape index (κ2) is 2.94. The van der Waals surface area contributed by atoms with Crippen molar-refractivity contribution in [3.63, 3.8) is 0 Å². The summed E-state index contributed by atoms with van der Waals surface area (Å²) in [7, 11) is 0. The van der Waals surface area contributed by atoms with Crippen LogP contribution in [0.4, 0.5) is 4.39 Å². The average Bonchev–Trinajstić information content (AvgIpc) is 2.07. The van der Waals surface area contributed by atoms with Gasteiger partial charge in [-0.2, -0.15) is 0 Å². The molecule has 4 heteroatoms. The van der Waals surface area contributed by atoms with Gasteiger partial charge in [0.1, 0.15) is 19.0 Å². The van der Waals surface area contributed by atoms with Crippen molar-refractivity contribution >= 4 is 15.9 Å². The summed E-state index contributed by atoms with van der Waals surface area (Å²) >= 11 is 3.06. The fraction of sp³-hybridized carbons (Fsp3) is 0.250. The third kappa shape index (κ3) is 1.27. The Morgan fingerprint density at radius 2 is 1.75 bits per heavy atom. The van der Waals surface area contributed by atoms with Crippen LogP contribution < -0.4 is 9.47 Å². The van der Waals surface area contributed by atoms with Crippen LogP contribution in [0.3, 0.4) is 0 Å². The van der Waals surface area contributed by atoms with Gasteiger partial charge >= 0.3 is 0 Å². The van der Waals surface area contributed by atoms with Crippen LogP contribution >= 0.6 is 15.9 Å². The molecular formula is C8H6BrFO2. The van der Waals surface area contributed by atoms with Crippen LogP contribution in [0.5, 0.6) is 11.5 Å². The van der Waals surface area contributed by atoms with Crippen LogP contribution in [0.2, 0.25) is 0 Å². The Bertz CT molecular complexity index is 283. The van der Waals surface area contributed by atoms with Crippen LogP contribution in [-0.4, -0.2) is 13.2 Å². The summed E-state index contributed by atoms with van der Waals surface area (Å²) in [5, 5.41) is 0. The lowest BCUT2D eigenvalue weighted by Gasteiger charge is -2.18. The standard InChI is InChI=1S/C8H6BrFO2/c9-5-3-7-8(4-6(5)10)12-2-1-11-7/h3-4H,1-2H2. The molecule has 0 aliphatic carbocycles. The van der Waals surface area contributed by atoms with Crippen LogP contribution in [-0.2, 0) is 0 Å². The van der Waals surface area contributed by atoms with Gasteiger partial charge < -0.3 is 9.47 Å². The number of fused-ring (bicyclic) bond motifs is 1. The molecule has 0 spiro atoms. The molecule has 0 fully saturated rings. The largest absolute Gasteiger partial charge is 0.486 e. The van der Waals surface area contributed by atoms with Gasteiger partial charge in [0.15, 0.2) is 11.5 Å². The minimum Gasteiger partial charge on any atom is -0.486 e. The zero-order chi connectivity index (χ0) is 8.55. The van der Waals surface area contributed by atoms with E-state index < -0.39 is 0 Å². The van der Waals surface area contributed by atoms with Crippen molar-refractivity contribution in [2.24, 2.45) is 0 Å². The Morgan fingerprint density at radius 1 is 1.17 bits per heavy atom. The Labute approximate surface area is 77.4 Å². The molecule has 1 aromatic rings. The van der Waals surface area contributed by atoms with Gasteiger partial charge in [0.25, 0.3) is 0 Å². The first-order valence-electron chi connectivity index (χ1n) is 3.52. The lowest BCUT2D eigenvalue weighted by atomic mass is 10.3. The molecule has 0 saturated heterocycles. The van der Waals surface area contributed by atoms with Crippen LogP contribution in [0.1, 0.15) is 0 Å². The molecule has 0 unspecified atom stereocenters. The first-order valence-corrected chi connectivity index (χ1v) is 4.31. The number of benzene rings is 1. The molecule has 1 heterocycles. The summed E-state index contributed by atoms with van der Waals surface area (Å²) < 4.78 is 23.7. The molecule has 2 rings (SSSR count). The summed E-state index contributed by atoms with van der Waals surface area (Å²) in [5.74, 6) is 0.732. The lowest BCUT2D eigenvalue weighted by Crippen LogP contribution is -2.15. The van der Waals surface area contributed by atoms with Gasteiger partial charge in [-0.05, 0) is 15.9 Å². The maximum atomic E-state index is 12.9. The number of halogens is 2. The summed E-state index contributed by atoms with van der Waals surface area (Å²) in [4.78, 5) is 0. The number of ether oxygens (including phenoxy) is 2. The zero-order valence-corrected chi connectivity index (χ0v) is 7.73. The van der Waals surface area contributed by atoms with Crippen molar-refractivity contribution < 1.29 is 13.9 Å². The smallest absolute Gasteiger partial charge is 0.164 e. The number of hydrogen-bond acceptors (Lipinski definition) is 2. The zero-order valence-electron chi connectivity index (χ0n) is 6.14. The van der Waals surface area contributed by atoms with E-state index in [4.69, 9.17) is 9.47 Å². The highest BCUT2D eigenvalue weighted by atomic mass is 79.9. The summed E-state index contributed by atoms with van der Waals surface area (Å²) in [6, 6.07) is 2.89. The first kappa shape index (κ1) is 7.86. The highest BCUT2D eigenvalue weighted by Gasteiger charge is 2.14. The minimum atomic E-state index is -0.334. The third-order valence-electron chi connectivity index (χ3n) is 1.59. The SMILES string of the molecule is Fc1cc2c(cc1Br)OCCO2. The van der Waals surface area contributed by atoms with Crippen LogP contribution in [0.25, 0.3) is 0 Å². The first-order chi connectivity index (χ1) is 5.77. The minimum absolute atomic E-state index is 0.334. The Balaban J connectivity index is 2.49. The highest BCUT2D eigenvalue weighted by Crippen LogP contribution is 2.34. The van der Waals surface area contributed by atoms with Crippen molar-refractivity contribution in [1.29, 1.82) is 0 Å². The maximum absolute atomic E-state index is 12.9.